The standard InChI is InChI=1S/C16H32O2/c1-8-9-14(17)18-12-16(7,10-13(2)3)11-15(4,5)6/h13H,8-12H2,1-7H3. The van der Waals surface area contributed by atoms with Crippen molar-refractivity contribution in [2.24, 2.45) is 16.7 Å². The number of hydrogen-bond donors (Lipinski definition) is 0. The van der Waals surface area contributed by atoms with E-state index >= 15 is 0 Å². The topological polar surface area (TPSA) is 26.3 Å². The molecule has 0 heterocycles. The van der Waals surface area contributed by atoms with Crippen molar-refractivity contribution in [2.75, 3.05) is 6.61 Å². The third-order valence-corrected chi connectivity index (χ3v) is 2.89. The number of hydrogen-bond acceptors (Lipinski definition) is 2. The maximum atomic E-state index is 11.5. The first-order valence-electron chi connectivity index (χ1n) is 7.23. The van der Waals surface area contributed by atoms with Crippen LogP contribution in [-0.2, 0) is 9.53 Å². The molecule has 0 fully saturated rings. The van der Waals surface area contributed by atoms with Crippen molar-refractivity contribution in [1.82, 2.24) is 0 Å². The van der Waals surface area contributed by atoms with Gasteiger partial charge in [0.2, 0.25) is 0 Å². The molecule has 0 aromatic rings. The molecule has 0 spiro atoms. The van der Waals surface area contributed by atoms with Crippen molar-refractivity contribution in [3.63, 3.8) is 0 Å². The molecule has 18 heavy (non-hydrogen) atoms. The summed E-state index contributed by atoms with van der Waals surface area (Å²) in [5.41, 5.74) is 0.358. The van der Waals surface area contributed by atoms with Crippen molar-refractivity contribution < 1.29 is 9.53 Å². The summed E-state index contributed by atoms with van der Waals surface area (Å²) in [5, 5.41) is 0. The van der Waals surface area contributed by atoms with Crippen LogP contribution in [0, 0.1) is 16.7 Å². The molecule has 0 radical (unpaired) electrons. The minimum Gasteiger partial charge on any atom is -0.465 e. The maximum absolute atomic E-state index is 11.5. The Kier molecular flexibility index (Phi) is 6.94. The summed E-state index contributed by atoms with van der Waals surface area (Å²) in [5.74, 6) is 0.573. The second-order valence-electron chi connectivity index (χ2n) is 7.56. The Balaban J connectivity index is 4.52. The number of esters is 1. The highest BCUT2D eigenvalue weighted by Gasteiger charge is 2.32. The van der Waals surface area contributed by atoms with Crippen LogP contribution in [0.4, 0.5) is 0 Å². The van der Waals surface area contributed by atoms with Crippen LogP contribution in [0.1, 0.15) is 74.1 Å². The lowest BCUT2D eigenvalue weighted by molar-refractivity contribution is -0.148. The van der Waals surface area contributed by atoms with Crippen LogP contribution in [0.5, 0.6) is 0 Å². The van der Waals surface area contributed by atoms with Crippen LogP contribution in [-0.4, -0.2) is 12.6 Å². The fraction of sp³-hybridized carbons (Fsp3) is 0.938. The summed E-state index contributed by atoms with van der Waals surface area (Å²) >= 11 is 0. The minimum absolute atomic E-state index is 0.0543. The van der Waals surface area contributed by atoms with Gasteiger partial charge in [0, 0.05) is 11.8 Å². The molecule has 0 aliphatic rings. The van der Waals surface area contributed by atoms with E-state index in [9.17, 15) is 4.79 Å². The molecule has 0 aromatic heterocycles. The monoisotopic (exact) mass is 256 g/mol. The molecule has 1 unspecified atom stereocenters. The first-order chi connectivity index (χ1) is 8.08. The van der Waals surface area contributed by atoms with Crippen LogP contribution in [0.25, 0.3) is 0 Å². The fourth-order valence-electron chi connectivity index (χ4n) is 2.98. The maximum Gasteiger partial charge on any atom is 0.305 e. The molecule has 0 aromatic carbocycles. The predicted octanol–water partition coefficient (Wildman–Crippen LogP) is 4.82. The van der Waals surface area contributed by atoms with Crippen molar-refractivity contribution in [3.05, 3.63) is 0 Å². The van der Waals surface area contributed by atoms with Gasteiger partial charge in [-0.25, -0.2) is 0 Å². The van der Waals surface area contributed by atoms with Crippen LogP contribution in [0.3, 0.4) is 0 Å². The molecule has 1 atom stereocenters. The Hall–Kier alpha value is -0.530. The number of carbonyl (C=O) groups excluding carboxylic acids is 1. The third-order valence-electron chi connectivity index (χ3n) is 2.89. The van der Waals surface area contributed by atoms with E-state index in [-0.39, 0.29) is 16.8 Å². The van der Waals surface area contributed by atoms with Crippen molar-refractivity contribution in [2.45, 2.75) is 74.1 Å². The van der Waals surface area contributed by atoms with E-state index in [1.165, 1.54) is 0 Å². The second kappa shape index (κ2) is 7.16. The van der Waals surface area contributed by atoms with Crippen LogP contribution >= 0.6 is 0 Å². The van der Waals surface area contributed by atoms with Gasteiger partial charge in [0.15, 0.2) is 0 Å². The normalized spacial score (nSPS) is 15.6. The highest BCUT2D eigenvalue weighted by Crippen LogP contribution is 2.38. The van der Waals surface area contributed by atoms with Gasteiger partial charge in [-0.1, -0.05) is 48.5 Å². The van der Waals surface area contributed by atoms with Crippen LogP contribution < -0.4 is 0 Å². The summed E-state index contributed by atoms with van der Waals surface area (Å²) in [4.78, 5) is 11.5. The van der Waals surface area contributed by atoms with Gasteiger partial charge in [-0.2, -0.15) is 0 Å². The smallest absolute Gasteiger partial charge is 0.305 e. The summed E-state index contributed by atoms with van der Waals surface area (Å²) < 4.78 is 5.46. The molecule has 0 aliphatic carbocycles. The summed E-state index contributed by atoms with van der Waals surface area (Å²) in [6, 6.07) is 0. The molecule has 0 rings (SSSR count). The van der Waals surface area contributed by atoms with Gasteiger partial charge in [0.25, 0.3) is 0 Å². The van der Waals surface area contributed by atoms with Crippen LogP contribution in [0.15, 0.2) is 0 Å². The lowest BCUT2D eigenvalue weighted by Crippen LogP contribution is -2.31. The molecule has 108 valence electrons. The number of rotatable bonds is 7. The molecule has 0 saturated carbocycles. The Morgan fingerprint density at radius 1 is 1.17 bits per heavy atom. The van der Waals surface area contributed by atoms with Crippen molar-refractivity contribution in [3.8, 4) is 0 Å². The van der Waals surface area contributed by atoms with E-state index in [0.29, 0.717) is 18.9 Å². The van der Waals surface area contributed by atoms with Gasteiger partial charge in [0.05, 0.1) is 6.61 Å². The molecule has 0 aliphatic heterocycles. The molecular formula is C16H32O2. The zero-order chi connectivity index (χ0) is 14.4. The van der Waals surface area contributed by atoms with E-state index in [1.807, 2.05) is 6.92 Å². The third kappa shape index (κ3) is 8.54. The summed E-state index contributed by atoms with van der Waals surface area (Å²) in [6.45, 7) is 16.0. The van der Waals surface area contributed by atoms with E-state index in [0.717, 1.165) is 19.3 Å². The number of ether oxygens (including phenoxy) is 1. The molecule has 0 bridgehead atoms. The van der Waals surface area contributed by atoms with Gasteiger partial charge in [-0.05, 0) is 30.6 Å². The van der Waals surface area contributed by atoms with Crippen LogP contribution in [0.2, 0.25) is 0 Å². The van der Waals surface area contributed by atoms with E-state index in [4.69, 9.17) is 4.74 Å². The molecule has 2 nitrogen and oxygen atoms in total. The van der Waals surface area contributed by atoms with Crippen molar-refractivity contribution >= 4 is 5.97 Å². The predicted molar refractivity (Wildman–Crippen MR) is 77.5 cm³/mol. The Morgan fingerprint density at radius 2 is 1.72 bits per heavy atom. The Bertz CT molecular complexity index is 250. The zero-order valence-electron chi connectivity index (χ0n) is 13.4. The summed E-state index contributed by atoms with van der Waals surface area (Å²) in [7, 11) is 0. The average Bonchev–Trinajstić information content (AvgIpc) is 2.11. The lowest BCUT2D eigenvalue weighted by atomic mass is 9.71. The zero-order valence-corrected chi connectivity index (χ0v) is 13.4. The molecule has 0 N–H and O–H groups in total. The molecular weight excluding hydrogens is 224 g/mol. The largest absolute Gasteiger partial charge is 0.465 e. The minimum atomic E-state index is -0.0543. The van der Waals surface area contributed by atoms with Gasteiger partial charge in [0.1, 0.15) is 0 Å². The fourth-order valence-corrected chi connectivity index (χ4v) is 2.98. The Morgan fingerprint density at radius 3 is 2.11 bits per heavy atom. The van der Waals surface area contributed by atoms with E-state index in [2.05, 4.69) is 41.5 Å². The quantitative estimate of drug-likeness (QED) is 0.610. The van der Waals surface area contributed by atoms with Gasteiger partial charge in [-0.15, -0.1) is 0 Å². The SMILES string of the molecule is CCCC(=O)OCC(C)(CC(C)C)CC(C)(C)C. The van der Waals surface area contributed by atoms with Gasteiger partial charge in [-0.3, -0.25) is 4.79 Å². The van der Waals surface area contributed by atoms with E-state index in [1.54, 1.807) is 0 Å². The first-order valence-corrected chi connectivity index (χ1v) is 7.23. The Labute approximate surface area is 113 Å². The van der Waals surface area contributed by atoms with Crippen molar-refractivity contribution in [1.29, 1.82) is 0 Å². The highest BCUT2D eigenvalue weighted by molar-refractivity contribution is 5.69. The first kappa shape index (κ1) is 17.5. The number of carbonyl (C=O) groups is 1. The summed E-state index contributed by atoms with van der Waals surface area (Å²) in [6.07, 6.45) is 3.58. The molecule has 0 saturated heterocycles. The molecule has 2 heteroatoms. The van der Waals surface area contributed by atoms with E-state index < -0.39 is 0 Å². The second-order valence-corrected chi connectivity index (χ2v) is 7.56. The van der Waals surface area contributed by atoms with Gasteiger partial charge < -0.3 is 4.74 Å². The highest BCUT2D eigenvalue weighted by atomic mass is 16.5. The van der Waals surface area contributed by atoms with Gasteiger partial charge >= 0.3 is 5.97 Å². The molecule has 0 amide bonds. The lowest BCUT2D eigenvalue weighted by Gasteiger charge is -2.36. The average molecular weight is 256 g/mol.